The van der Waals surface area contributed by atoms with Crippen LogP contribution in [0.5, 0.6) is 0 Å². The third-order valence-corrected chi connectivity index (χ3v) is 22.4. The van der Waals surface area contributed by atoms with Crippen molar-refractivity contribution in [1.29, 1.82) is 0 Å². The van der Waals surface area contributed by atoms with E-state index < -0.39 is 97.5 Å². The maximum absolute atomic E-state index is 13.2. The molecule has 5 atom stereocenters. The van der Waals surface area contributed by atoms with Gasteiger partial charge in [-0.3, -0.25) is 37.3 Å². The number of carbonyl (C=O) groups is 4. The standard InChI is InChI=1S/C87H170O17P2/c1-7-9-11-13-15-17-19-20-21-22-23-24-25-26-27-35-41-47-53-59-65-71-86(91)104-83(76-98-85(90)70-64-58-52-46-40-34-30-28-32-38-43-49-55-61-67-79(3)4)78-102-106(95,96)100-74-81(88)73-99-105(93,94)101-77-82(75-97-84(89)69-63-57-51-45-37-18-16-14-12-10-8-2)103-87(92)72-66-60-54-48-42-36-31-29-33-39-44-50-56-62-68-80(5)6/h79-83,88H,7-78H2,1-6H3,(H,93,94)(H,95,96)/t81-,82+,83+/m0/s1. The molecule has 0 spiro atoms. The van der Waals surface area contributed by atoms with Crippen molar-refractivity contribution >= 4 is 39.5 Å². The normalized spacial score (nSPS) is 13.8. The molecule has 17 nitrogen and oxygen atoms in total. The van der Waals surface area contributed by atoms with E-state index in [0.29, 0.717) is 25.7 Å². The van der Waals surface area contributed by atoms with Gasteiger partial charge in [-0.2, -0.15) is 0 Å². The van der Waals surface area contributed by atoms with E-state index in [2.05, 4.69) is 41.5 Å². The van der Waals surface area contributed by atoms with E-state index >= 15 is 0 Å². The Bertz CT molecular complexity index is 2030. The van der Waals surface area contributed by atoms with Crippen LogP contribution in [0.25, 0.3) is 0 Å². The molecule has 0 aliphatic carbocycles. The Morgan fingerprint density at radius 3 is 0.642 bits per heavy atom. The fourth-order valence-electron chi connectivity index (χ4n) is 13.6. The van der Waals surface area contributed by atoms with Crippen molar-refractivity contribution in [3.8, 4) is 0 Å². The van der Waals surface area contributed by atoms with Crippen molar-refractivity contribution in [2.75, 3.05) is 39.6 Å². The average molecular weight is 1550 g/mol. The minimum atomic E-state index is -4.97. The second-order valence-corrected chi connectivity index (χ2v) is 35.1. The van der Waals surface area contributed by atoms with Gasteiger partial charge < -0.3 is 33.8 Å². The van der Waals surface area contributed by atoms with Crippen LogP contribution in [0.4, 0.5) is 0 Å². The lowest BCUT2D eigenvalue weighted by Gasteiger charge is -2.21. The maximum Gasteiger partial charge on any atom is 0.472 e. The molecular formula is C87H170O17P2. The van der Waals surface area contributed by atoms with Crippen LogP contribution in [0.1, 0.15) is 465 Å². The average Bonchev–Trinajstić information content (AvgIpc) is 0.896. The summed E-state index contributed by atoms with van der Waals surface area (Å²) >= 11 is 0. The van der Waals surface area contributed by atoms with Crippen molar-refractivity contribution in [2.45, 2.75) is 484 Å². The Labute approximate surface area is 651 Å². The van der Waals surface area contributed by atoms with E-state index in [4.69, 9.17) is 37.0 Å². The summed E-state index contributed by atoms with van der Waals surface area (Å²) in [4.78, 5) is 73.3. The molecule has 0 aliphatic rings. The molecule has 0 amide bonds. The van der Waals surface area contributed by atoms with Gasteiger partial charge in [0.1, 0.15) is 19.3 Å². The van der Waals surface area contributed by atoms with E-state index in [9.17, 15) is 43.2 Å². The molecule has 0 aromatic carbocycles. The van der Waals surface area contributed by atoms with Gasteiger partial charge in [0.2, 0.25) is 0 Å². The van der Waals surface area contributed by atoms with Crippen LogP contribution in [0, 0.1) is 11.8 Å². The minimum absolute atomic E-state index is 0.108. The number of aliphatic hydroxyl groups excluding tert-OH is 1. The highest BCUT2D eigenvalue weighted by atomic mass is 31.2. The largest absolute Gasteiger partial charge is 0.472 e. The second kappa shape index (κ2) is 78.3. The molecule has 0 saturated carbocycles. The Balaban J connectivity index is 5.24. The first-order chi connectivity index (χ1) is 51.4. The second-order valence-electron chi connectivity index (χ2n) is 32.2. The maximum atomic E-state index is 13.2. The number of phosphoric acid groups is 2. The van der Waals surface area contributed by atoms with Crippen molar-refractivity contribution in [3.63, 3.8) is 0 Å². The summed E-state index contributed by atoms with van der Waals surface area (Å²) in [7, 11) is -9.93. The fourth-order valence-corrected chi connectivity index (χ4v) is 15.2. The Morgan fingerprint density at radius 2 is 0.434 bits per heavy atom. The Hall–Kier alpha value is -1.94. The molecule has 19 heteroatoms. The molecule has 0 aliphatic heterocycles. The van der Waals surface area contributed by atoms with Crippen LogP contribution in [0.3, 0.4) is 0 Å². The van der Waals surface area contributed by atoms with Crippen molar-refractivity contribution < 1.29 is 80.2 Å². The summed E-state index contributed by atoms with van der Waals surface area (Å²) in [6.45, 7) is 9.72. The van der Waals surface area contributed by atoms with Crippen LogP contribution in [0.15, 0.2) is 0 Å². The number of aliphatic hydroxyl groups is 1. The van der Waals surface area contributed by atoms with Crippen LogP contribution in [-0.2, 0) is 65.4 Å². The molecule has 0 rings (SSSR count). The van der Waals surface area contributed by atoms with Crippen molar-refractivity contribution in [2.24, 2.45) is 11.8 Å². The highest BCUT2D eigenvalue weighted by Crippen LogP contribution is 2.45. The van der Waals surface area contributed by atoms with Crippen molar-refractivity contribution in [3.05, 3.63) is 0 Å². The molecule has 0 aromatic heterocycles. The lowest BCUT2D eigenvalue weighted by atomic mass is 10.0. The number of esters is 4. The first-order valence-electron chi connectivity index (χ1n) is 45.0. The predicted molar refractivity (Wildman–Crippen MR) is 437 cm³/mol. The van der Waals surface area contributed by atoms with Crippen LogP contribution >= 0.6 is 15.6 Å². The third kappa shape index (κ3) is 80.1. The molecule has 0 bridgehead atoms. The number of hydrogen-bond donors (Lipinski definition) is 3. The van der Waals surface area contributed by atoms with Gasteiger partial charge in [0, 0.05) is 25.7 Å². The van der Waals surface area contributed by atoms with E-state index in [1.807, 2.05) is 0 Å². The fraction of sp³-hybridized carbons (Fsp3) is 0.954. The summed E-state index contributed by atoms with van der Waals surface area (Å²) in [6.07, 6.45) is 70.8. The van der Waals surface area contributed by atoms with Gasteiger partial charge in [0.15, 0.2) is 12.2 Å². The summed E-state index contributed by atoms with van der Waals surface area (Å²) in [6, 6.07) is 0. The quantitative estimate of drug-likeness (QED) is 0.0222. The minimum Gasteiger partial charge on any atom is -0.462 e. The van der Waals surface area contributed by atoms with Gasteiger partial charge in [-0.1, -0.05) is 414 Å². The molecular weight excluding hydrogens is 1380 g/mol. The van der Waals surface area contributed by atoms with Crippen LogP contribution in [-0.4, -0.2) is 96.7 Å². The number of phosphoric ester groups is 2. The molecule has 2 unspecified atom stereocenters. The van der Waals surface area contributed by atoms with E-state index in [1.54, 1.807) is 0 Å². The topological polar surface area (TPSA) is 237 Å². The first-order valence-corrected chi connectivity index (χ1v) is 48.0. The van der Waals surface area contributed by atoms with E-state index in [-0.39, 0.29) is 25.7 Å². The Kier molecular flexibility index (Phi) is 76.9. The monoisotopic (exact) mass is 1550 g/mol. The summed E-state index contributed by atoms with van der Waals surface area (Å²) in [5.41, 5.74) is 0. The van der Waals surface area contributed by atoms with Crippen LogP contribution in [0.2, 0.25) is 0 Å². The highest BCUT2D eigenvalue weighted by Gasteiger charge is 2.30. The third-order valence-electron chi connectivity index (χ3n) is 20.5. The van der Waals surface area contributed by atoms with Gasteiger partial charge in [-0.25, -0.2) is 9.13 Å². The summed E-state index contributed by atoms with van der Waals surface area (Å²) in [5, 5.41) is 10.7. The molecule has 0 saturated heterocycles. The number of rotatable bonds is 86. The zero-order chi connectivity index (χ0) is 77.8. The van der Waals surface area contributed by atoms with Crippen molar-refractivity contribution in [1.82, 2.24) is 0 Å². The smallest absolute Gasteiger partial charge is 0.462 e. The lowest BCUT2D eigenvalue weighted by molar-refractivity contribution is -0.161. The van der Waals surface area contributed by atoms with Crippen LogP contribution < -0.4 is 0 Å². The first kappa shape index (κ1) is 104. The lowest BCUT2D eigenvalue weighted by Crippen LogP contribution is -2.30. The zero-order valence-electron chi connectivity index (χ0n) is 69.7. The molecule has 0 aromatic rings. The number of unbranched alkanes of at least 4 members (excludes halogenated alkanes) is 56. The molecule has 106 heavy (non-hydrogen) atoms. The zero-order valence-corrected chi connectivity index (χ0v) is 71.5. The van der Waals surface area contributed by atoms with Gasteiger partial charge in [-0.05, 0) is 37.5 Å². The molecule has 630 valence electrons. The van der Waals surface area contributed by atoms with E-state index in [0.717, 1.165) is 102 Å². The molecule has 0 heterocycles. The molecule has 0 fully saturated rings. The molecule has 3 N–H and O–H groups in total. The van der Waals surface area contributed by atoms with Gasteiger partial charge in [-0.15, -0.1) is 0 Å². The number of carbonyl (C=O) groups excluding carboxylic acids is 4. The van der Waals surface area contributed by atoms with E-state index in [1.165, 1.54) is 283 Å². The highest BCUT2D eigenvalue weighted by molar-refractivity contribution is 7.47. The van der Waals surface area contributed by atoms with Gasteiger partial charge >= 0.3 is 39.5 Å². The summed E-state index contributed by atoms with van der Waals surface area (Å²) < 4.78 is 68.9. The molecule has 0 radical (unpaired) electrons. The predicted octanol–water partition coefficient (Wildman–Crippen LogP) is 26.6. The van der Waals surface area contributed by atoms with Gasteiger partial charge in [0.25, 0.3) is 0 Å². The Morgan fingerprint density at radius 1 is 0.255 bits per heavy atom. The summed E-state index contributed by atoms with van der Waals surface area (Å²) in [5.74, 6) is -0.505. The SMILES string of the molecule is CCCCCCCCCCCCCCCCCCCCCCCC(=O)O[C@H](COC(=O)CCCCCCCCCCCCCCCCC(C)C)COP(=O)(O)OC[C@@H](O)COP(=O)(O)OC[C@@H](COC(=O)CCCCCCCCCCCCC)OC(=O)CCCCCCCCCCCCCCCCC(C)C. The number of hydrogen-bond acceptors (Lipinski definition) is 15. The van der Waals surface area contributed by atoms with Gasteiger partial charge in [0.05, 0.1) is 26.4 Å². The number of ether oxygens (including phenoxy) is 4.